The molecule has 0 radical (unpaired) electrons. The molecule has 4 atom stereocenters. The number of nitrogens with zero attached hydrogens (tertiary/aromatic N) is 4. The molecule has 1 aromatic heterocycles. The molecule has 0 unspecified atom stereocenters. The van der Waals surface area contributed by atoms with Crippen LogP contribution in [0.4, 0.5) is 40.8 Å². The van der Waals surface area contributed by atoms with Crippen LogP contribution >= 0.6 is 0 Å². The predicted octanol–water partition coefficient (Wildman–Crippen LogP) is 2.39. The highest BCUT2D eigenvalue weighted by Crippen LogP contribution is 2.45. The number of likely N-dealkylation sites (N-methyl/N-ethyl adjacent to an activating group) is 1. The van der Waals surface area contributed by atoms with Crippen molar-refractivity contribution < 1.29 is 99.1 Å². The Morgan fingerprint density at radius 2 is 1.46 bits per heavy atom. The van der Waals surface area contributed by atoms with E-state index >= 15 is 8.78 Å². The fourth-order valence-corrected chi connectivity index (χ4v) is 7.52. The van der Waals surface area contributed by atoms with Crippen LogP contribution in [-0.4, -0.2) is 165 Å². The molecule has 1 aliphatic heterocycles. The summed E-state index contributed by atoms with van der Waals surface area (Å²) < 4.78 is 134. The molecular formula is C43H50F8N6O13. The van der Waals surface area contributed by atoms with E-state index in [1.54, 1.807) is 0 Å². The topological polar surface area (TPSA) is 266 Å². The molecule has 1 saturated carbocycles. The van der Waals surface area contributed by atoms with E-state index in [1.165, 1.54) is 12.1 Å². The minimum absolute atomic E-state index is 0.0180. The number of hydrogen-bond acceptors (Lipinski definition) is 16. The third kappa shape index (κ3) is 13.2. The second-order valence-electron chi connectivity index (χ2n) is 15.9. The van der Waals surface area contributed by atoms with Gasteiger partial charge in [0.2, 0.25) is 5.82 Å². The molecule has 70 heavy (non-hydrogen) atoms. The van der Waals surface area contributed by atoms with Gasteiger partial charge in [-0.05, 0) is 43.2 Å². The molecule has 386 valence electrons. The molecule has 3 amide bonds. The smallest absolute Gasteiger partial charge is 0.433 e. The number of aliphatic hydroxyl groups is 6. The Morgan fingerprint density at radius 3 is 2.07 bits per heavy atom. The van der Waals surface area contributed by atoms with Gasteiger partial charge in [-0.2, -0.15) is 30.7 Å². The second-order valence-corrected chi connectivity index (χ2v) is 15.9. The third-order valence-electron chi connectivity index (χ3n) is 11.3. The second kappa shape index (κ2) is 24.0. The Labute approximate surface area is 393 Å². The van der Waals surface area contributed by atoms with Gasteiger partial charge in [-0.25, -0.2) is 19.4 Å². The number of benzene rings is 2. The number of aliphatic hydroxyl groups excluding tert-OH is 6. The molecule has 1 fully saturated rings. The van der Waals surface area contributed by atoms with Crippen molar-refractivity contribution in [1.82, 2.24) is 25.3 Å². The van der Waals surface area contributed by atoms with Crippen LogP contribution in [0.2, 0.25) is 0 Å². The maximum absolute atomic E-state index is 15.7. The fraction of sp³-hybridized carbons (Fsp3) is 0.512. The number of alkyl halides is 6. The third-order valence-corrected chi connectivity index (χ3v) is 11.3. The number of nitrogens with one attached hydrogen (secondary N) is 2. The number of hydrogen-bond donors (Lipinski definition) is 8. The van der Waals surface area contributed by atoms with Crippen molar-refractivity contribution in [2.45, 2.75) is 74.5 Å². The molecule has 0 saturated heterocycles. The molecule has 0 bridgehead atoms. The van der Waals surface area contributed by atoms with Crippen molar-refractivity contribution in [2.75, 3.05) is 71.8 Å². The Morgan fingerprint density at radius 1 is 0.829 bits per heavy atom. The maximum atomic E-state index is 15.7. The highest BCUT2D eigenvalue weighted by atomic mass is 19.4. The summed E-state index contributed by atoms with van der Waals surface area (Å²) in [5.74, 6) is -7.73. The van der Waals surface area contributed by atoms with E-state index < -0.39 is 130 Å². The molecule has 8 N–H and O–H groups in total. The monoisotopic (exact) mass is 1010 g/mol. The van der Waals surface area contributed by atoms with Gasteiger partial charge in [-0.15, -0.1) is 0 Å². The summed E-state index contributed by atoms with van der Waals surface area (Å²) in [6.07, 6.45) is -16.1. The number of carbonyl (C=O) groups excluding carboxylic acids is 3. The van der Waals surface area contributed by atoms with Crippen LogP contribution < -0.4 is 15.4 Å². The number of amides is 3. The van der Waals surface area contributed by atoms with Gasteiger partial charge >= 0.3 is 12.4 Å². The van der Waals surface area contributed by atoms with Crippen molar-refractivity contribution in [3.05, 3.63) is 82.5 Å². The molecular weight excluding hydrogens is 960 g/mol. The van der Waals surface area contributed by atoms with Crippen molar-refractivity contribution in [3.8, 4) is 17.0 Å². The van der Waals surface area contributed by atoms with Crippen LogP contribution in [0.5, 0.6) is 5.75 Å². The largest absolute Gasteiger partial charge is 0.509 e. The highest BCUT2D eigenvalue weighted by molar-refractivity contribution is 6.24. The zero-order chi connectivity index (χ0) is 51.6. The lowest BCUT2D eigenvalue weighted by Crippen LogP contribution is -2.62. The molecule has 1 spiro atoms. The van der Waals surface area contributed by atoms with Gasteiger partial charge in [-0.3, -0.25) is 19.4 Å². The summed E-state index contributed by atoms with van der Waals surface area (Å²) in [7, 11) is 1.39. The van der Waals surface area contributed by atoms with Gasteiger partial charge < -0.3 is 60.2 Å². The first-order chi connectivity index (χ1) is 33.0. The Kier molecular flexibility index (Phi) is 18.9. The molecule has 2 heterocycles. The van der Waals surface area contributed by atoms with Gasteiger partial charge in [0, 0.05) is 24.7 Å². The van der Waals surface area contributed by atoms with E-state index in [0.717, 1.165) is 23.2 Å². The van der Waals surface area contributed by atoms with Crippen molar-refractivity contribution in [3.63, 3.8) is 0 Å². The Balaban J connectivity index is 1.14. The first kappa shape index (κ1) is 55.3. The van der Waals surface area contributed by atoms with Crippen LogP contribution in [0.1, 0.15) is 42.5 Å². The molecule has 27 heteroatoms. The minimum atomic E-state index is -5.02. The zero-order valence-corrected chi connectivity index (χ0v) is 37.1. The molecule has 3 aromatic rings. The van der Waals surface area contributed by atoms with Crippen LogP contribution in [0, 0.1) is 11.6 Å². The first-order valence-electron chi connectivity index (χ1n) is 21.4. The van der Waals surface area contributed by atoms with E-state index in [0.29, 0.717) is 37.4 Å². The van der Waals surface area contributed by atoms with Crippen LogP contribution in [0.3, 0.4) is 0 Å². The summed E-state index contributed by atoms with van der Waals surface area (Å²) in [4.78, 5) is 46.8. The highest BCUT2D eigenvalue weighted by Gasteiger charge is 2.53. The first-order valence-corrected chi connectivity index (χ1v) is 21.4. The molecule has 19 nitrogen and oxygen atoms in total. The summed E-state index contributed by atoms with van der Waals surface area (Å²) in [6.45, 7) is -1.68. The number of ether oxygens (including phenoxy) is 4. The average Bonchev–Trinajstić information content (AvgIpc) is 3.83. The number of anilines is 1. The van der Waals surface area contributed by atoms with Crippen LogP contribution in [0.15, 0.2) is 54.1 Å². The van der Waals surface area contributed by atoms with Gasteiger partial charge in [0.25, 0.3) is 17.7 Å². The SMILES string of the molecule is CN1N(Cc2ccc(OCCOCCOCCOCCNC(=O)[C@@H](O)[C@H](O)[C@@H](O)[C@@H](O)CO)c(F)c2F)C(=O)C(C(=O)Nc2ccc(C(F)(F)F)cc2-c2cc(C(F)(F)F)ncn2)=C(O)C12CCCC2. The average molecular weight is 1010 g/mol. The number of hydrazine groups is 1. The minimum Gasteiger partial charge on any atom is -0.509 e. The lowest BCUT2D eigenvalue weighted by atomic mass is 9.88. The van der Waals surface area contributed by atoms with Crippen molar-refractivity contribution >= 4 is 23.4 Å². The normalized spacial score (nSPS) is 17.2. The lowest BCUT2D eigenvalue weighted by Gasteiger charge is -2.48. The Hall–Kier alpha value is -5.65. The van der Waals surface area contributed by atoms with E-state index in [-0.39, 0.29) is 71.2 Å². The van der Waals surface area contributed by atoms with Gasteiger partial charge in [0.1, 0.15) is 48.3 Å². The molecule has 1 aliphatic carbocycles. The molecule has 2 aliphatic rings. The standard InChI is InChI=1S/C43H50F8N6O13/c1-56-41(8-2-3-9-41)37(63)31(38(64)55-26-6-5-24(42(46,47)48)18-25(26)27-19-30(43(49,50)51)54-22-53-27)40(66)57(56)20-23-4-7-29(33(45)32(23)44)70-17-16-69-15-14-68-13-12-67-11-10-52-39(65)36(62)35(61)34(60)28(59)21-58/h4-7,18-19,22,28,34-36,58-63H,2-3,8-17,20-21H2,1H3,(H,52,65)(H,55,64)/t28-,34-,35+,36-/m0/s1. The van der Waals surface area contributed by atoms with E-state index in [4.69, 9.17) is 24.1 Å². The quantitative estimate of drug-likeness (QED) is 0.0385. The van der Waals surface area contributed by atoms with Gasteiger partial charge in [0.15, 0.2) is 17.7 Å². The summed E-state index contributed by atoms with van der Waals surface area (Å²) in [5, 5.41) is 65.5. The number of rotatable bonds is 23. The van der Waals surface area contributed by atoms with Crippen LogP contribution in [0.25, 0.3) is 11.3 Å². The number of aromatic nitrogens is 2. The zero-order valence-electron chi connectivity index (χ0n) is 37.1. The Bertz CT molecular complexity index is 2340. The van der Waals surface area contributed by atoms with Gasteiger partial charge in [-0.1, -0.05) is 18.9 Å². The molecule has 5 rings (SSSR count). The van der Waals surface area contributed by atoms with Gasteiger partial charge in [0.05, 0.1) is 75.3 Å². The summed E-state index contributed by atoms with van der Waals surface area (Å²) >= 11 is 0. The lowest BCUT2D eigenvalue weighted by molar-refractivity contribution is -0.163. The maximum Gasteiger partial charge on any atom is 0.433 e. The predicted molar refractivity (Wildman–Crippen MR) is 224 cm³/mol. The van der Waals surface area contributed by atoms with E-state index in [9.17, 15) is 66.3 Å². The summed E-state index contributed by atoms with van der Waals surface area (Å²) in [5.41, 5.74) is -7.35. The van der Waals surface area contributed by atoms with Crippen molar-refractivity contribution in [2.24, 2.45) is 0 Å². The van der Waals surface area contributed by atoms with Crippen LogP contribution in [-0.2, 0) is 47.5 Å². The van der Waals surface area contributed by atoms with E-state index in [2.05, 4.69) is 20.6 Å². The number of carbonyl (C=O) groups is 3. The molecule has 2 aromatic carbocycles. The van der Waals surface area contributed by atoms with Crippen molar-refractivity contribution in [1.29, 1.82) is 0 Å². The summed E-state index contributed by atoms with van der Waals surface area (Å²) in [6, 6.07) is 4.29. The number of halogens is 8. The van der Waals surface area contributed by atoms with E-state index in [1.807, 2.05) is 0 Å². The fourth-order valence-electron chi connectivity index (χ4n) is 7.52.